The molecule has 0 aromatic rings. The topological polar surface area (TPSA) is 9.23 Å². The summed E-state index contributed by atoms with van der Waals surface area (Å²) in [5.41, 5.74) is 0. The second kappa shape index (κ2) is 4.26. The highest BCUT2D eigenvalue weighted by molar-refractivity contribution is 5.00. The lowest BCUT2D eigenvalue weighted by Gasteiger charge is -2.43. The Morgan fingerprint density at radius 3 is 2.29 bits per heavy atom. The molecule has 96 valence electrons. The van der Waals surface area contributed by atoms with Gasteiger partial charge in [0.15, 0.2) is 0 Å². The maximum absolute atomic E-state index is 6.54. The molecule has 1 nitrogen and oxygen atoms in total. The van der Waals surface area contributed by atoms with Gasteiger partial charge in [-0.15, -0.1) is 0 Å². The zero-order chi connectivity index (χ0) is 11.2. The SMILES string of the molecule is C1CCC2C(C1)CCC1C3CCCCC3OC21. The second-order valence-corrected chi connectivity index (χ2v) is 7.04. The molecular weight excluding hydrogens is 208 g/mol. The summed E-state index contributed by atoms with van der Waals surface area (Å²) in [5.74, 6) is 3.90. The third kappa shape index (κ3) is 1.69. The Balaban J connectivity index is 1.56. The van der Waals surface area contributed by atoms with Gasteiger partial charge in [0.2, 0.25) is 0 Å². The Labute approximate surface area is 105 Å². The summed E-state index contributed by atoms with van der Waals surface area (Å²) >= 11 is 0. The van der Waals surface area contributed by atoms with Crippen molar-refractivity contribution in [3.05, 3.63) is 0 Å². The van der Waals surface area contributed by atoms with Crippen molar-refractivity contribution in [2.45, 2.75) is 76.4 Å². The van der Waals surface area contributed by atoms with Crippen LogP contribution >= 0.6 is 0 Å². The molecule has 0 aromatic heterocycles. The predicted molar refractivity (Wildman–Crippen MR) is 68.8 cm³/mol. The second-order valence-electron chi connectivity index (χ2n) is 7.04. The molecule has 4 aliphatic rings. The van der Waals surface area contributed by atoms with E-state index in [1.54, 1.807) is 0 Å². The maximum Gasteiger partial charge on any atom is 0.0641 e. The van der Waals surface area contributed by atoms with Crippen LogP contribution in [0, 0.1) is 23.7 Å². The molecule has 0 amide bonds. The highest BCUT2D eigenvalue weighted by Gasteiger charge is 2.51. The van der Waals surface area contributed by atoms with Crippen molar-refractivity contribution in [1.82, 2.24) is 0 Å². The first-order chi connectivity index (χ1) is 8.43. The van der Waals surface area contributed by atoms with Crippen LogP contribution in [-0.4, -0.2) is 12.2 Å². The summed E-state index contributed by atoms with van der Waals surface area (Å²) in [4.78, 5) is 0. The van der Waals surface area contributed by atoms with Gasteiger partial charge in [0.1, 0.15) is 0 Å². The molecule has 1 saturated heterocycles. The zero-order valence-electron chi connectivity index (χ0n) is 10.9. The van der Waals surface area contributed by atoms with E-state index in [1.165, 1.54) is 64.2 Å². The van der Waals surface area contributed by atoms with Crippen molar-refractivity contribution in [3.63, 3.8) is 0 Å². The van der Waals surface area contributed by atoms with Crippen molar-refractivity contribution in [2.24, 2.45) is 23.7 Å². The smallest absolute Gasteiger partial charge is 0.0641 e. The van der Waals surface area contributed by atoms with Gasteiger partial charge in [-0.05, 0) is 55.8 Å². The number of hydrogen-bond donors (Lipinski definition) is 0. The van der Waals surface area contributed by atoms with E-state index in [0.717, 1.165) is 23.7 Å². The molecular formula is C16H26O. The lowest BCUT2D eigenvalue weighted by atomic mass is 9.63. The molecule has 17 heavy (non-hydrogen) atoms. The molecule has 6 unspecified atom stereocenters. The quantitative estimate of drug-likeness (QED) is 0.611. The minimum atomic E-state index is 0.666. The normalized spacial score (nSPS) is 53.6. The van der Waals surface area contributed by atoms with E-state index in [9.17, 15) is 0 Å². The summed E-state index contributed by atoms with van der Waals surface area (Å²) in [5, 5.41) is 0. The first kappa shape index (κ1) is 10.8. The van der Waals surface area contributed by atoms with Gasteiger partial charge in [0.25, 0.3) is 0 Å². The summed E-state index contributed by atoms with van der Waals surface area (Å²) in [6.07, 6.45) is 16.1. The number of fused-ring (bicyclic) bond motifs is 5. The fraction of sp³-hybridized carbons (Fsp3) is 1.00. The van der Waals surface area contributed by atoms with E-state index in [0.29, 0.717) is 12.2 Å². The Morgan fingerprint density at radius 1 is 0.588 bits per heavy atom. The minimum absolute atomic E-state index is 0.666. The number of ether oxygens (including phenoxy) is 1. The third-order valence-electron chi connectivity index (χ3n) is 6.32. The molecule has 3 aliphatic carbocycles. The molecule has 4 rings (SSSR count). The fourth-order valence-electron chi connectivity index (χ4n) is 5.56. The van der Waals surface area contributed by atoms with Gasteiger partial charge in [-0.3, -0.25) is 0 Å². The van der Waals surface area contributed by atoms with Crippen LogP contribution in [-0.2, 0) is 4.74 Å². The molecule has 1 heteroatoms. The molecule has 0 bridgehead atoms. The lowest BCUT2D eigenvalue weighted by Crippen LogP contribution is -2.40. The van der Waals surface area contributed by atoms with Gasteiger partial charge in [-0.1, -0.05) is 32.1 Å². The van der Waals surface area contributed by atoms with Crippen molar-refractivity contribution >= 4 is 0 Å². The minimum Gasteiger partial charge on any atom is -0.374 e. The van der Waals surface area contributed by atoms with Crippen LogP contribution in [0.2, 0.25) is 0 Å². The van der Waals surface area contributed by atoms with Crippen molar-refractivity contribution < 1.29 is 4.74 Å². The largest absolute Gasteiger partial charge is 0.374 e. The predicted octanol–water partition coefficient (Wildman–Crippen LogP) is 4.16. The summed E-state index contributed by atoms with van der Waals surface area (Å²) in [6.45, 7) is 0. The molecule has 3 saturated carbocycles. The fourth-order valence-corrected chi connectivity index (χ4v) is 5.56. The van der Waals surface area contributed by atoms with E-state index in [2.05, 4.69) is 0 Å². The number of hydrogen-bond acceptors (Lipinski definition) is 1. The molecule has 1 heterocycles. The van der Waals surface area contributed by atoms with Crippen LogP contribution in [0.15, 0.2) is 0 Å². The van der Waals surface area contributed by atoms with Gasteiger partial charge >= 0.3 is 0 Å². The monoisotopic (exact) mass is 234 g/mol. The molecule has 0 aromatic carbocycles. The number of rotatable bonds is 0. The highest BCUT2D eigenvalue weighted by Crippen LogP contribution is 2.53. The average molecular weight is 234 g/mol. The average Bonchev–Trinajstić information content (AvgIpc) is 2.78. The first-order valence-electron chi connectivity index (χ1n) is 8.09. The van der Waals surface area contributed by atoms with Crippen LogP contribution < -0.4 is 0 Å². The van der Waals surface area contributed by atoms with Gasteiger partial charge in [0.05, 0.1) is 12.2 Å². The molecule has 0 radical (unpaired) electrons. The van der Waals surface area contributed by atoms with Crippen LogP contribution in [0.4, 0.5) is 0 Å². The van der Waals surface area contributed by atoms with Crippen molar-refractivity contribution in [1.29, 1.82) is 0 Å². The molecule has 6 atom stereocenters. The van der Waals surface area contributed by atoms with Crippen LogP contribution in [0.5, 0.6) is 0 Å². The van der Waals surface area contributed by atoms with E-state index in [4.69, 9.17) is 4.74 Å². The third-order valence-corrected chi connectivity index (χ3v) is 6.32. The summed E-state index contributed by atoms with van der Waals surface area (Å²) in [6, 6.07) is 0. The van der Waals surface area contributed by atoms with Gasteiger partial charge in [-0.25, -0.2) is 0 Å². The Morgan fingerprint density at radius 2 is 1.35 bits per heavy atom. The van der Waals surface area contributed by atoms with Crippen LogP contribution in [0.1, 0.15) is 64.2 Å². The van der Waals surface area contributed by atoms with Gasteiger partial charge < -0.3 is 4.74 Å². The van der Waals surface area contributed by atoms with Crippen LogP contribution in [0.3, 0.4) is 0 Å². The molecule has 1 aliphatic heterocycles. The van der Waals surface area contributed by atoms with Crippen LogP contribution in [0.25, 0.3) is 0 Å². The van der Waals surface area contributed by atoms with Crippen molar-refractivity contribution in [3.8, 4) is 0 Å². The molecule has 0 N–H and O–H groups in total. The summed E-state index contributed by atoms with van der Waals surface area (Å²) < 4.78 is 6.54. The Hall–Kier alpha value is -0.0400. The van der Waals surface area contributed by atoms with Crippen molar-refractivity contribution in [2.75, 3.05) is 0 Å². The first-order valence-corrected chi connectivity index (χ1v) is 8.09. The Bertz CT molecular complexity index is 287. The molecule has 4 fully saturated rings. The van der Waals surface area contributed by atoms with E-state index >= 15 is 0 Å². The lowest BCUT2D eigenvalue weighted by molar-refractivity contribution is -0.0549. The zero-order valence-corrected chi connectivity index (χ0v) is 10.9. The van der Waals surface area contributed by atoms with Gasteiger partial charge in [0, 0.05) is 0 Å². The van der Waals surface area contributed by atoms with E-state index in [1.807, 2.05) is 0 Å². The Kier molecular flexibility index (Phi) is 2.72. The van der Waals surface area contributed by atoms with E-state index in [-0.39, 0.29) is 0 Å². The van der Waals surface area contributed by atoms with Gasteiger partial charge in [-0.2, -0.15) is 0 Å². The summed E-state index contributed by atoms with van der Waals surface area (Å²) in [7, 11) is 0. The standard InChI is InChI=1S/C16H26O/c1-2-6-12-11(5-1)9-10-14-13-7-3-4-8-15(13)17-16(12)14/h11-16H,1-10H2. The van der Waals surface area contributed by atoms with E-state index < -0.39 is 0 Å². The maximum atomic E-state index is 6.54. The molecule has 0 spiro atoms. The highest BCUT2D eigenvalue weighted by atomic mass is 16.5.